The standard InChI is InChI=1S/C12H7BrO.C6H7N/c13-8-5-6-12-10(7-8)9-3-1-2-4-11(9)14-12;7-6-4-2-1-3-5-6/h1-7H;1-5H,7H2. The van der Waals surface area contributed by atoms with E-state index < -0.39 is 0 Å². The van der Waals surface area contributed by atoms with E-state index in [1.807, 2.05) is 60.7 Å². The van der Waals surface area contributed by atoms with Crippen LogP contribution in [0.15, 0.2) is 81.7 Å². The fourth-order valence-electron chi connectivity index (χ4n) is 2.15. The van der Waals surface area contributed by atoms with E-state index in [4.69, 9.17) is 10.2 Å². The molecular weight excluding hydrogens is 326 g/mol. The van der Waals surface area contributed by atoms with Crippen LogP contribution in [-0.4, -0.2) is 0 Å². The fraction of sp³-hybridized carbons (Fsp3) is 0. The number of fused-ring (bicyclic) bond motifs is 3. The van der Waals surface area contributed by atoms with Crippen molar-refractivity contribution in [1.29, 1.82) is 0 Å². The Bertz CT molecular complexity index is 868. The van der Waals surface area contributed by atoms with Crippen LogP contribution >= 0.6 is 15.9 Å². The number of hydrogen-bond donors (Lipinski definition) is 1. The van der Waals surface area contributed by atoms with Gasteiger partial charge in [-0.05, 0) is 36.4 Å². The second kappa shape index (κ2) is 6.02. The Morgan fingerprint density at radius 3 is 2.10 bits per heavy atom. The van der Waals surface area contributed by atoms with Gasteiger partial charge >= 0.3 is 0 Å². The molecule has 0 amide bonds. The van der Waals surface area contributed by atoms with Gasteiger partial charge in [-0.1, -0.05) is 52.3 Å². The SMILES string of the molecule is Brc1ccc2oc3ccccc3c2c1.Nc1ccccc1. The number of halogens is 1. The molecule has 0 saturated carbocycles. The van der Waals surface area contributed by atoms with E-state index in [1.165, 1.54) is 5.39 Å². The summed E-state index contributed by atoms with van der Waals surface area (Å²) in [7, 11) is 0. The average molecular weight is 340 g/mol. The van der Waals surface area contributed by atoms with Gasteiger partial charge in [0.05, 0.1) is 0 Å². The molecule has 4 aromatic rings. The minimum absolute atomic E-state index is 0.822. The smallest absolute Gasteiger partial charge is 0.135 e. The van der Waals surface area contributed by atoms with E-state index in [0.29, 0.717) is 0 Å². The van der Waals surface area contributed by atoms with Crippen molar-refractivity contribution in [1.82, 2.24) is 0 Å². The number of benzene rings is 3. The highest BCUT2D eigenvalue weighted by atomic mass is 79.9. The van der Waals surface area contributed by atoms with E-state index in [1.54, 1.807) is 0 Å². The van der Waals surface area contributed by atoms with Crippen LogP contribution in [0.5, 0.6) is 0 Å². The monoisotopic (exact) mass is 339 g/mol. The summed E-state index contributed by atoms with van der Waals surface area (Å²) in [6.45, 7) is 0. The summed E-state index contributed by atoms with van der Waals surface area (Å²) in [6, 6.07) is 23.6. The van der Waals surface area contributed by atoms with Crippen LogP contribution in [0.1, 0.15) is 0 Å². The van der Waals surface area contributed by atoms with Crippen LogP contribution in [0.25, 0.3) is 21.9 Å². The van der Waals surface area contributed by atoms with Gasteiger partial charge in [-0.2, -0.15) is 0 Å². The number of furan rings is 1. The largest absolute Gasteiger partial charge is 0.456 e. The number of para-hydroxylation sites is 2. The lowest BCUT2D eigenvalue weighted by Gasteiger charge is -1.89. The van der Waals surface area contributed by atoms with Gasteiger partial charge in [-0.15, -0.1) is 0 Å². The molecule has 0 aliphatic heterocycles. The van der Waals surface area contributed by atoms with Gasteiger partial charge in [0.15, 0.2) is 0 Å². The van der Waals surface area contributed by atoms with E-state index in [2.05, 4.69) is 28.1 Å². The molecule has 0 unspecified atom stereocenters. The van der Waals surface area contributed by atoms with Crippen molar-refractivity contribution in [2.75, 3.05) is 5.73 Å². The third-order valence-electron chi connectivity index (χ3n) is 3.14. The number of nitrogens with two attached hydrogens (primary N) is 1. The van der Waals surface area contributed by atoms with Gasteiger partial charge in [-0.3, -0.25) is 0 Å². The molecule has 1 aromatic heterocycles. The Balaban J connectivity index is 0.000000160. The molecule has 0 saturated heterocycles. The summed E-state index contributed by atoms with van der Waals surface area (Å²) < 4.78 is 6.77. The van der Waals surface area contributed by atoms with Crippen LogP contribution < -0.4 is 5.73 Å². The predicted octanol–water partition coefficient (Wildman–Crippen LogP) is 5.62. The normalized spacial score (nSPS) is 10.3. The molecule has 0 spiro atoms. The minimum atomic E-state index is 0.822. The number of hydrogen-bond acceptors (Lipinski definition) is 2. The van der Waals surface area contributed by atoms with Crippen molar-refractivity contribution in [2.24, 2.45) is 0 Å². The highest BCUT2D eigenvalue weighted by Gasteiger charge is 2.05. The summed E-state index contributed by atoms with van der Waals surface area (Å²) in [4.78, 5) is 0. The molecule has 2 nitrogen and oxygen atoms in total. The van der Waals surface area contributed by atoms with Gasteiger partial charge in [-0.25, -0.2) is 0 Å². The van der Waals surface area contributed by atoms with E-state index >= 15 is 0 Å². The quantitative estimate of drug-likeness (QED) is 0.422. The molecule has 0 aliphatic rings. The summed E-state index contributed by atoms with van der Waals surface area (Å²) in [5.74, 6) is 0. The molecule has 3 aromatic carbocycles. The third-order valence-corrected chi connectivity index (χ3v) is 3.63. The number of anilines is 1. The predicted molar refractivity (Wildman–Crippen MR) is 92.3 cm³/mol. The maximum absolute atomic E-state index is 5.69. The molecule has 1 heterocycles. The first kappa shape index (κ1) is 13.7. The Morgan fingerprint density at radius 2 is 1.38 bits per heavy atom. The van der Waals surface area contributed by atoms with Crippen molar-refractivity contribution < 1.29 is 4.42 Å². The fourth-order valence-corrected chi connectivity index (χ4v) is 2.51. The molecular formula is C18H14BrNO. The Hall–Kier alpha value is -2.26. The second-order valence-corrected chi connectivity index (χ2v) is 5.57. The maximum Gasteiger partial charge on any atom is 0.135 e. The zero-order valence-electron chi connectivity index (χ0n) is 11.3. The van der Waals surface area contributed by atoms with Crippen LogP contribution in [-0.2, 0) is 0 Å². The molecule has 2 N–H and O–H groups in total. The van der Waals surface area contributed by atoms with E-state index in [-0.39, 0.29) is 0 Å². The number of nitrogen functional groups attached to an aromatic ring is 1. The number of rotatable bonds is 0. The van der Waals surface area contributed by atoms with Gasteiger partial charge < -0.3 is 10.2 Å². The molecule has 0 atom stereocenters. The lowest BCUT2D eigenvalue weighted by molar-refractivity contribution is 0.669. The molecule has 3 heteroatoms. The third kappa shape index (κ3) is 3.09. The highest BCUT2D eigenvalue weighted by Crippen LogP contribution is 2.30. The zero-order valence-corrected chi connectivity index (χ0v) is 12.9. The van der Waals surface area contributed by atoms with Crippen LogP contribution in [0, 0.1) is 0 Å². The Kier molecular flexibility index (Phi) is 3.93. The molecule has 0 aliphatic carbocycles. The van der Waals surface area contributed by atoms with Gasteiger partial charge in [0.1, 0.15) is 11.2 Å². The van der Waals surface area contributed by atoms with Crippen LogP contribution in [0.2, 0.25) is 0 Å². The molecule has 4 rings (SSSR count). The summed E-state index contributed by atoms with van der Waals surface area (Å²) in [5, 5.41) is 2.33. The second-order valence-electron chi connectivity index (χ2n) is 4.65. The van der Waals surface area contributed by atoms with E-state index in [9.17, 15) is 0 Å². The molecule has 0 radical (unpaired) electrons. The van der Waals surface area contributed by atoms with Crippen molar-refractivity contribution in [3.8, 4) is 0 Å². The van der Waals surface area contributed by atoms with Crippen LogP contribution in [0.3, 0.4) is 0 Å². The first-order valence-electron chi connectivity index (χ1n) is 6.61. The van der Waals surface area contributed by atoms with E-state index in [0.717, 1.165) is 26.7 Å². The van der Waals surface area contributed by atoms with Gasteiger partial charge in [0.2, 0.25) is 0 Å². The zero-order chi connectivity index (χ0) is 14.7. The minimum Gasteiger partial charge on any atom is -0.456 e. The lowest BCUT2D eigenvalue weighted by atomic mass is 10.2. The molecule has 104 valence electrons. The topological polar surface area (TPSA) is 39.2 Å². The first-order valence-corrected chi connectivity index (χ1v) is 7.40. The molecule has 0 bridgehead atoms. The maximum atomic E-state index is 5.69. The summed E-state index contributed by atoms with van der Waals surface area (Å²) in [5.41, 5.74) is 8.06. The van der Waals surface area contributed by atoms with Gasteiger partial charge in [0.25, 0.3) is 0 Å². The van der Waals surface area contributed by atoms with Crippen molar-refractivity contribution in [2.45, 2.75) is 0 Å². The average Bonchev–Trinajstić information content (AvgIpc) is 2.87. The first-order chi connectivity index (χ1) is 10.2. The lowest BCUT2D eigenvalue weighted by Crippen LogP contribution is -1.79. The highest BCUT2D eigenvalue weighted by molar-refractivity contribution is 9.10. The summed E-state index contributed by atoms with van der Waals surface area (Å²) >= 11 is 3.46. The molecule has 0 fully saturated rings. The summed E-state index contributed by atoms with van der Waals surface area (Å²) in [6.07, 6.45) is 0. The Morgan fingerprint density at radius 1 is 0.714 bits per heavy atom. The van der Waals surface area contributed by atoms with Crippen molar-refractivity contribution >= 4 is 43.6 Å². The Labute approximate surface area is 131 Å². The van der Waals surface area contributed by atoms with Crippen molar-refractivity contribution in [3.63, 3.8) is 0 Å². The molecule has 21 heavy (non-hydrogen) atoms. The van der Waals surface area contributed by atoms with Crippen LogP contribution in [0.4, 0.5) is 5.69 Å². The van der Waals surface area contributed by atoms with Gasteiger partial charge in [0, 0.05) is 20.9 Å². The van der Waals surface area contributed by atoms with Crippen molar-refractivity contribution in [3.05, 3.63) is 77.3 Å².